The molecule has 1 aromatic heterocycles. The predicted octanol–water partition coefficient (Wildman–Crippen LogP) is 3.36. The number of para-hydroxylation sites is 1. The monoisotopic (exact) mass is 403 g/mol. The summed E-state index contributed by atoms with van der Waals surface area (Å²) in [5.74, 6) is 0.670. The summed E-state index contributed by atoms with van der Waals surface area (Å²) in [7, 11) is 0. The molecule has 2 aliphatic heterocycles. The lowest BCUT2D eigenvalue weighted by atomic mass is 10.1. The zero-order valence-corrected chi connectivity index (χ0v) is 16.9. The Morgan fingerprint density at radius 3 is 2.60 bits per heavy atom. The van der Waals surface area contributed by atoms with Crippen LogP contribution in [0.2, 0.25) is 0 Å². The van der Waals surface area contributed by atoms with Crippen LogP contribution in [0.5, 0.6) is 5.88 Å². The van der Waals surface area contributed by atoms with E-state index in [1.165, 1.54) is 0 Å². The minimum atomic E-state index is -0.0322. The highest BCUT2D eigenvalue weighted by Crippen LogP contribution is 2.22. The number of nitrogens with zero attached hydrogens (tertiary/aromatic N) is 3. The quantitative estimate of drug-likeness (QED) is 0.669. The van der Waals surface area contributed by atoms with Gasteiger partial charge in [-0.25, -0.2) is 4.98 Å². The molecule has 154 valence electrons. The number of carbonyl (C=O) groups excluding carboxylic acids is 1. The van der Waals surface area contributed by atoms with Gasteiger partial charge in [0.25, 0.3) is 5.91 Å². The number of anilines is 1. The summed E-state index contributed by atoms with van der Waals surface area (Å²) in [4.78, 5) is 21.7. The van der Waals surface area contributed by atoms with Gasteiger partial charge in [0.1, 0.15) is 6.10 Å². The topological polar surface area (TPSA) is 54.9 Å². The Bertz CT molecular complexity index is 1030. The lowest BCUT2D eigenvalue weighted by Gasteiger charge is -2.29. The first-order valence-corrected chi connectivity index (χ1v) is 10.5. The third kappa shape index (κ3) is 3.96. The zero-order valence-electron chi connectivity index (χ0n) is 16.9. The third-order valence-corrected chi connectivity index (χ3v) is 5.78. The van der Waals surface area contributed by atoms with Gasteiger partial charge in [0.15, 0.2) is 0 Å². The SMILES string of the molecule is O=C(c1ccc(N2CCOCC2)cc1)N1CC[C@@H](Oc2ccc3ccccc3n2)C1. The normalized spacial score (nSPS) is 19.3. The van der Waals surface area contributed by atoms with Crippen molar-refractivity contribution >= 4 is 22.5 Å². The summed E-state index contributed by atoms with van der Waals surface area (Å²) < 4.78 is 11.5. The van der Waals surface area contributed by atoms with Crippen LogP contribution in [-0.4, -0.2) is 61.3 Å². The van der Waals surface area contributed by atoms with Crippen molar-refractivity contribution in [3.63, 3.8) is 0 Å². The van der Waals surface area contributed by atoms with Gasteiger partial charge < -0.3 is 19.3 Å². The van der Waals surface area contributed by atoms with E-state index in [4.69, 9.17) is 9.47 Å². The van der Waals surface area contributed by atoms with E-state index in [0.29, 0.717) is 19.0 Å². The molecule has 0 saturated carbocycles. The van der Waals surface area contributed by atoms with Gasteiger partial charge in [-0.1, -0.05) is 18.2 Å². The number of amides is 1. The van der Waals surface area contributed by atoms with Gasteiger partial charge >= 0.3 is 0 Å². The molecule has 6 heteroatoms. The van der Waals surface area contributed by atoms with Crippen LogP contribution in [-0.2, 0) is 4.74 Å². The smallest absolute Gasteiger partial charge is 0.253 e. The van der Waals surface area contributed by atoms with Gasteiger partial charge in [-0.15, -0.1) is 0 Å². The molecule has 1 atom stereocenters. The van der Waals surface area contributed by atoms with Crippen molar-refractivity contribution in [3.8, 4) is 5.88 Å². The molecule has 2 saturated heterocycles. The fourth-order valence-corrected chi connectivity index (χ4v) is 4.11. The number of hydrogen-bond acceptors (Lipinski definition) is 5. The van der Waals surface area contributed by atoms with Crippen molar-refractivity contribution in [2.75, 3.05) is 44.3 Å². The Morgan fingerprint density at radius 1 is 0.967 bits per heavy atom. The fourth-order valence-electron chi connectivity index (χ4n) is 4.11. The number of morpholine rings is 1. The van der Waals surface area contributed by atoms with Crippen molar-refractivity contribution in [2.45, 2.75) is 12.5 Å². The van der Waals surface area contributed by atoms with Crippen LogP contribution >= 0.6 is 0 Å². The summed E-state index contributed by atoms with van der Waals surface area (Å²) in [6, 6.07) is 19.8. The number of fused-ring (bicyclic) bond motifs is 1. The molecule has 30 heavy (non-hydrogen) atoms. The van der Waals surface area contributed by atoms with Crippen molar-refractivity contribution in [1.82, 2.24) is 9.88 Å². The number of hydrogen-bond donors (Lipinski definition) is 0. The summed E-state index contributed by atoms with van der Waals surface area (Å²) >= 11 is 0. The van der Waals surface area contributed by atoms with Gasteiger partial charge in [-0.3, -0.25) is 4.79 Å². The molecule has 0 N–H and O–H groups in total. The van der Waals surface area contributed by atoms with Gasteiger partial charge in [-0.2, -0.15) is 0 Å². The minimum absolute atomic E-state index is 0.0322. The first-order chi connectivity index (χ1) is 14.8. The van der Waals surface area contributed by atoms with E-state index in [1.54, 1.807) is 0 Å². The number of ether oxygens (including phenoxy) is 2. The highest BCUT2D eigenvalue weighted by atomic mass is 16.5. The molecule has 0 radical (unpaired) electrons. The van der Waals surface area contributed by atoms with Crippen molar-refractivity contribution in [3.05, 3.63) is 66.2 Å². The van der Waals surface area contributed by atoms with Gasteiger partial charge in [0.2, 0.25) is 5.88 Å². The molecule has 3 aromatic rings. The first-order valence-electron chi connectivity index (χ1n) is 10.5. The van der Waals surface area contributed by atoms with E-state index in [-0.39, 0.29) is 12.0 Å². The van der Waals surface area contributed by atoms with Gasteiger partial charge in [-0.05, 0) is 36.4 Å². The number of pyridine rings is 1. The standard InChI is InChI=1S/C24H25N3O3/c28-24(19-5-8-20(9-6-19)26-13-15-29-16-14-26)27-12-11-21(17-27)30-23-10-7-18-3-1-2-4-22(18)25-23/h1-10,21H,11-17H2/t21-/m1/s1. The Morgan fingerprint density at radius 2 is 1.77 bits per heavy atom. The Hall–Kier alpha value is -3.12. The molecule has 6 nitrogen and oxygen atoms in total. The molecule has 0 aliphatic carbocycles. The lowest BCUT2D eigenvalue weighted by Crippen LogP contribution is -2.36. The van der Waals surface area contributed by atoms with E-state index < -0.39 is 0 Å². The average molecular weight is 403 g/mol. The molecule has 3 heterocycles. The second-order valence-corrected chi connectivity index (χ2v) is 7.77. The maximum atomic E-state index is 12.9. The molecule has 0 spiro atoms. The van der Waals surface area contributed by atoms with E-state index in [1.807, 2.05) is 65.6 Å². The van der Waals surface area contributed by atoms with E-state index in [2.05, 4.69) is 9.88 Å². The summed E-state index contributed by atoms with van der Waals surface area (Å²) in [6.07, 6.45) is 0.779. The number of aromatic nitrogens is 1. The molecule has 5 rings (SSSR count). The molecular weight excluding hydrogens is 378 g/mol. The van der Waals surface area contributed by atoms with Crippen LogP contribution in [0.1, 0.15) is 16.8 Å². The molecule has 0 bridgehead atoms. The highest BCUT2D eigenvalue weighted by molar-refractivity contribution is 5.94. The second-order valence-electron chi connectivity index (χ2n) is 7.77. The van der Waals surface area contributed by atoms with Crippen LogP contribution in [0.3, 0.4) is 0 Å². The van der Waals surface area contributed by atoms with Crippen molar-refractivity contribution in [1.29, 1.82) is 0 Å². The molecule has 2 aromatic carbocycles. The van der Waals surface area contributed by atoms with E-state index in [9.17, 15) is 4.79 Å². The molecule has 2 aliphatic rings. The van der Waals surface area contributed by atoms with Crippen LogP contribution in [0.15, 0.2) is 60.7 Å². The largest absolute Gasteiger partial charge is 0.472 e. The van der Waals surface area contributed by atoms with Crippen LogP contribution in [0.4, 0.5) is 5.69 Å². The number of carbonyl (C=O) groups is 1. The van der Waals surface area contributed by atoms with E-state index >= 15 is 0 Å². The second kappa shape index (κ2) is 8.32. The summed E-state index contributed by atoms with van der Waals surface area (Å²) in [5.41, 5.74) is 2.78. The number of benzene rings is 2. The minimum Gasteiger partial charge on any atom is -0.472 e. The van der Waals surface area contributed by atoms with Crippen molar-refractivity contribution in [2.24, 2.45) is 0 Å². The maximum Gasteiger partial charge on any atom is 0.253 e. The number of likely N-dealkylation sites (tertiary alicyclic amines) is 1. The van der Waals surface area contributed by atoms with Crippen LogP contribution in [0, 0.1) is 0 Å². The number of rotatable bonds is 4. The highest BCUT2D eigenvalue weighted by Gasteiger charge is 2.28. The van der Waals surface area contributed by atoms with Crippen LogP contribution in [0.25, 0.3) is 10.9 Å². The molecule has 0 unspecified atom stereocenters. The molecule has 1 amide bonds. The molecule has 2 fully saturated rings. The van der Waals surface area contributed by atoms with Gasteiger partial charge in [0.05, 0.1) is 25.3 Å². The van der Waals surface area contributed by atoms with Crippen LogP contribution < -0.4 is 9.64 Å². The van der Waals surface area contributed by atoms with Crippen molar-refractivity contribution < 1.29 is 14.3 Å². The zero-order chi connectivity index (χ0) is 20.3. The van der Waals surface area contributed by atoms with Gasteiger partial charge in [0, 0.05) is 48.8 Å². The average Bonchev–Trinajstić information content (AvgIpc) is 3.27. The Labute approximate surface area is 176 Å². The first kappa shape index (κ1) is 18.9. The summed E-state index contributed by atoms with van der Waals surface area (Å²) in [6.45, 7) is 4.56. The molecular formula is C24H25N3O3. The summed E-state index contributed by atoms with van der Waals surface area (Å²) in [5, 5.41) is 1.09. The lowest BCUT2D eigenvalue weighted by molar-refractivity contribution is 0.0771. The maximum absolute atomic E-state index is 12.9. The van der Waals surface area contributed by atoms with E-state index in [0.717, 1.165) is 54.9 Å². The fraction of sp³-hybridized carbons (Fsp3) is 0.333. The Balaban J connectivity index is 1.21. The Kier molecular flexibility index (Phi) is 5.24. The third-order valence-electron chi connectivity index (χ3n) is 5.78. The predicted molar refractivity (Wildman–Crippen MR) is 116 cm³/mol.